The van der Waals surface area contributed by atoms with E-state index < -0.39 is 0 Å². The predicted molar refractivity (Wildman–Crippen MR) is 72.9 cm³/mol. The lowest BCUT2D eigenvalue weighted by atomic mass is 10.1. The monoisotopic (exact) mass is 249 g/mol. The normalized spacial score (nSPS) is 19.7. The summed E-state index contributed by atoms with van der Waals surface area (Å²) in [6.07, 6.45) is 3.85. The lowest BCUT2D eigenvalue weighted by Gasteiger charge is -2.22. The van der Waals surface area contributed by atoms with Crippen molar-refractivity contribution in [1.82, 2.24) is 5.32 Å². The highest BCUT2D eigenvalue weighted by Gasteiger charge is 2.14. The molecule has 1 saturated heterocycles. The van der Waals surface area contributed by atoms with Gasteiger partial charge in [0.25, 0.3) is 0 Å². The third-order valence-electron chi connectivity index (χ3n) is 3.21. The Morgan fingerprint density at radius 1 is 1.28 bits per heavy atom. The first kappa shape index (κ1) is 13.4. The van der Waals surface area contributed by atoms with Crippen LogP contribution in [0.1, 0.15) is 31.7 Å². The van der Waals surface area contributed by atoms with E-state index in [9.17, 15) is 0 Å². The van der Waals surface area contributed by atoms with Gasteiger partial charge in [-0.25, -0.2) is 0 Å². The molecule has 1 heterocycles. The van der Waals surface area contributed by atoms with Gasteiger partial charge in [0.2, 0.25) is 0 Å². The van der Waals surface area contributed by atoms with E-state index >= 15 is 0 Å². The largest absolute Gasteiger partial charge is 0.491 e. The average Bonchev–Trinajstić information content (AvgIpc) is 2.45. The van der Waals surface area contributed by atoms with Crippen molar-refractivity contribution in [2.24, 2.45) is 0 Å². The van der Waals surface area contributed by atoms with E-state index in [1.165, 1.54) is 18.4 Å². The standard InChI is InChI=1S/C15H23NO2/c1-2-16-11-13-6-8-14(9-7-13)18-12-15-5-3-4-10-17-15/h6-9,15-16H,2-5,10-12H2,1H3. The Bertz CT molecular complexity index is 331. The summed E-state index contributed by atoms with van der Waals surface area (Å²) in [6, 6.07) is 8.30. The second-order valence-electron chi connectivity index (χ2n) is 4.72. The average molecular weight is 249 g/mol. The van der Waals surface area contributed by atoms with Gasteiger partial charge in [-0.2, -0.15) is 0 Å². The minimum Gasteiger partial charge on any atom is -0.491 e. The first-order chi connectivity index (χ1) is 8.88. The van der Waals surface area contributed by atoms with Crippen LogP contribution < -0.4 is 10.1 Å². The predicted octanol–water partition coefficient (Wildman–Crippen LogP) is 2.74. The molecule has 0 bridgehead atoms. The van der Waals surface area contributed by atoms with Gasteiger partial charge in [0.1, 0.15) is 12.4 Å². The SMILES string of the molecule is CCNCc1ccc(OCC2CCCCO2)cc1. The van der Waals surface area contributed by atoms with E-state index in [1.54, 1.807) is 0 Å². The molecule has 1 aliphatic rings. The Morgan fingerprint density at radius 3 is 2.78 bits per heavy atom. The van der Waals surface area contributed by atoms with Gasteiger partial charge < -0.3 is 14.8 Å². The van der Waals surface area contributed by atoms with E-state index in [4.69, 9.17) is 9.47 Å². The maximum atomic E-state index is 5.76. The molecule has 0 aromatic heterocycles. The number of hydrogen-bond donors (Lipinski definition) is 1. The Kier molecular flexibility index (Phi) is 5.49. The molecular weight excluding hydrogens is 226 g/mol. The van der Waals surface area contributed by atoms with Crippen LogP contribution in [0.25, 0.3) is 0 Å². The van der Waals surface area contributed by atoms with Crippen LogP contribution in [0.15, 0.2) is 24.3 Å². The van der Waals surface area contributed by atoms with Crippen LogP contribution in [-0.4, -0.2) is 25.9 Å². The first-order valence-electron chi connectivity index (χ1n) is 6.92. The number of hydrogen-bond acceptors (Lipinski definition) is 3. The zero-order valence-electron chi connectivity index (χ0n) is 11.2. The molecule has 0 spiro atoms. The van der Waals surface area contributed by atoms with E-state index in [1.807, 2.05) is 12.1 Å². The summed E-state index contributed by atoms with van der Waals surface area (Å²) in [5, 5.41) is 3.31. The van der Waals surface area contributed by atoms with Gasteiger partial charge in [0.05, 0.1) is 6.10 Å². The molecule has 0 saturated carbocycles. The molecule has 100 valence electrons. The zero-order valence-corrected chi connectivity index (χ0v) is 11.2. The summed E-state index contributed by atoms with van der Waals surface area (Å²) in [7, 11) is 0. The van der Waals surface area contributed by atoms with Crippen molar-refractivity contribution in [2.45, 2.75) is 38.8 Å². The van der Waals surface area contributed by atoms with Crippen LogP contribution in [0, 0.1) is 0 Å². The molecule has 1 atom stereocenters. The third kappa shape index (κ3) is 4.31. The molecule has 0 aliphatic carbocycles. The van der Waals surface area contributed by atoms with Crippen LogP contribution in [-0.2, 0) is 11.3 Å². The topological polar surface area (TPSA) is 30.5 Å². The highest BCUT2D eigenvalue weighted by molar-refractivity contribution is 5.27. The number of benzene rings is 1. The highest BCUT2D eigenvalue weighted by atomic mass is 16.5. The van der Waals surface area contributed by atoms with Crippen molar-refractivity contribution in [1.29, 1.82) is 0 Å². The lowest BCUT2D eigenvalue weighted by Crippen LogP contribution is -2.25. The fraction of sp³-hybridized carbons (Fsp3) is 0.600. The Labute approximate surface area is 109 Å². The van der Waals surface area contributed by atoms with Crippen molar-refractivity contribution in [2.75, 3.05) is 19.8 Å². The quantitative estimate of drug-likeness (QED) is 0.841. The summed E-state index contributed by atoms with van der Waals surface area (Å²) in [5.41, 5.74) is 1.29. The third-order valence-corrected chi connectivity index (χ3v) is 3.21. The highest BCUT2D eigenvalue weighted by Crippen LogP contribution is 2.16. The zero-order chi connectivity index (χ0) is 12.6. The Balaban J connectivity index is 1.75. The smallest absolute Gasteiger partial charge is 0.119 e. The number of ether oxygens (including phenoxy) is 2. The summed E-state index contributed by atoms with van der Waals surface area (Å²) >= 11 is 0. The number of rotatable bonds is 6. The van der Waals surface area contributed by atoms with Gasteiger partial charge in [-0.1, -0.05) is 19.1 Å². The maximum absolute atomic E-state index is 5.76. The van der Waals surface area contributed by atoms with Crippen molar-refractivity contribution < 1.29 is 9.47 Å². The van der Waals surface area contributed by atoms with Gasteiger partial charge in [-0.3, -0.25) is 0 Å². The van der Waals surface area contributed by atoms with Crippen molar-refractivity contribution in [3.8, 4) is 5.75 Å². The molecule has 2 rings (SSSR count). The molecule has 3 nitrogen and oxygen atoms in total. The summed E-state index contributed by atoms with van der Waals surface area (Å²) in [6.45, 7) is 5.59. The van der Waals surface area contributed by atoms with Gasteiger partial charge in [0.15, 0.2) is 0 Å². The van der Waals surface area contributed by atoms with Gasteiger partial charge in [-0.15, -0.1) is 0 Å². The van der Waals surface area contributed by atoms with Gasteiger partial charge >= 0.3 is 0 Å². The molecule has 18 heavy (non-hydrogen) atoms. The maximum Gasteiger partial charge on any atom is 0.119 e. The number of nitrogens with one attached hydrogen (secondary N) is 1. The Morgan fingerprint density at radius 2 is 2.11 bits per heavy atom. The molecule has 0 radical (unpaired) electrons. The second-order valence-corrected chi connectivity index (χ2v) is 4.72. The molecule has 1 aromatic rings. The van der Waals surface area contributed by atoms with Crippen LogP contribution in [0.3, 0.4) is 0 Å². The minimum atomic E-state index is 0.278. The summed E-state index contributed by atoms with van der Waals surface area (Å²) < 4.78 is 11.4. The van der Waals surface area contributed by atoms with Crippen molar-refractivity contribution >= 4 is 0 Å². The second kappa shape index (κ2) is 7.39. The first-order valence-corrected chi connectivity index (χ1v) is 6.92. The van der Waals surface area contributed by atoms with E-state index in [2.05, 4.69) is 24.4 Å². The van der Waals surface area contributed by atoms with Crippen molar-refractivity contribution in [3.63, 3.8) is 0 Å². The van der Waals surface area contributed by atoms with Crippen LogP contribution >= 0.6 is 0 Å². The van der Waals surface area contributed by atoms with E-state index in [0.29, 0.717) is 6.61 Å². The molecule has 1 fully saturated rings. The molecule has 1 N–H and O–H groups in total. The molecule has 1 aromatic carbocycles. The minimum absolute atomic E-state index is 0.278. The molecule has 1 aliphatic heterocycles. The van der Waals surface area contributed by atoms with Crippen molar-refractivity contribution in [3.05, 3.63) is 29.8 Å². The van der Waals surface area contributed by atoms with E-state index in [-0.39, 0.29) is 6.10 Å². The molecule has 1 unspecified atom stereocenters. The fourth-order valence-corrected chi connectivity index (χ4v) is 2.10. The van der Waals surface area contributed by atoms with Crippen LogP contribution in [0.5, 0.6) is 5.75 Å². The summed E-state index contributed by atoms with van der Waals surface area (Å²) in [4.78, 5) is 0. The molecule has 0 amide bonds. The van der Waals surface area contributed by atoms with E-state index in [0.717, 1.165) is 31.9 Å². The molecule has 3 heteroatoms. The molecular formula is C15H23NO2. The Hall–Kier alpha value is -1.06. The summed E-state index contributed by atoms with van der Waals surface area (Å²) in [5.74, 6) is 0.935. The fourth-order valence-electron chi connectivity index (χ4n) is 2.10. The van der Waals surface area contributed by atoms with Crippen LogP contribution in [0.2, 0.25) is 0 Å². The van der Waals surface area contributed by atoms with Crippen LogP contribution in [0.4, 0.5) is 0 Å². The van der Waals surface area contributed by atoms with Gasteiger partial charge in [-0.05, 0) is 43.5 Å². The lowest BCUT2D eigenvalue weighted by molar-refractivity contribution is -0.0110. The van der Waals surface area contributed by atoms with Gasteiger partial charge in [0, 0.05) is 13.2 Å².